The molecule has 0 saturated heterocycles. The number of alkyl halides is 3. The summed E-state index contributed by atoms with van der Waals surface area (Å²) < 4.78 is 39.0. The van der Waals surface area contributed by atoms with E-state index in [4.69, 9.17) is 0 Å². The zero-order valence-electron chi connectivity index (χ0n) is 10.2. The van der Waals surface area contributed by atoms with Gasteiger partial charge in [-0.25, -0.2) is 0 Å². The topological polar surface area (TPSA) is 20.2 Å². The van der Waals surface area contributed by atoms with Crippen LogP contribution in [0.4, 0.5) is 13.2 Å². The molecule has 0 amide bonds. The molecule has 0 heterocycles. The van der Waals surface area contributed by atoms with Crippen LogP contribution < -0.4 is 0 Å². The number of halogens is 3. The molecule has 0 aliphatic rings. The number of aliphatic hydroxyl groups is 1. The lowest BCUT2D eigenvalue weighted by Crippen LogP contribution is -2.43. The van der Waals surface area contributed by atoms with Gasteiger partial charge in [0.1, 0.15) is 0 Å². The predicted molar refractivity (Wildman–Crippen MR) is 60.6 cm³/mol. The minimum absolute atomic E-state index is 0.0932. The second kappa shape index (κ2) is 4.69. The highest BCUT2D eigenvalue weighted by molar-refractivity contribution is 5.28. The van der Waals surface area contributed by atoms with E-state index < -0.39 is 11.8 Å². The summed E-state index contributed by atoms with van der Waals surface area (Å²) in [7, 11) is 0. The number of aryl methyl sites for hydroxylation is 1. The van der Waals surface area contributed by atoms with Crippen LogP contribution in [-0.2, 0) is 5.60 Å². The molecule has 0 spiro atoms. The molecule has 1 nitrogen and oxygen atoms in total. The minimum atomic E-state index is -4.66. The zero-order chi connectivity index (χ0) is 13.3. The first-order valence-corrected chi connectivity index (χ1v) is 5.53. The van der Waals surface area contributed by atoms with Crippen molar-refractivity contribution < 1.29 is 18.3 Å². The molecule has 1 atom stereocenters. The third-order valence-corrected chi connectivity index (χ3v) is 2.70. The van der Waals surface area contributed by atoms with Gasteiger partial charge in [-0.3, -0.25) is 0 Å². The lowest BCUT2D eigenvalue weighted by Gasteiger charge is -2.32. The van der Waals surface area contributed by atoms with Crippen LogP contribution >= 0.6 is 0 Å². The maximum Gasteiger partial charge on any atom is 0.421 e. The van der Waals surface area contributed by atoms with Crippen LogP contribution in [0.3, 0.4) is 0 Å². The number of hydrogen-bond donors (Lipinski definition) is 1. The Morgan fingerprint density at radius 1 is 1.12 bits per heavy atom. The van der Waals surface area contributed by atoms with E-state index in [9.17, 15) is 18.3 Å². The first-order chi connectivity index (χ1) is 7.67. The van der Waals surface area contributed by atoms with E-state index in [1.165, 1.54) is 12.1 Å². The molecule has 1 unspecified atom stereocenters. The molecular formula is C13H17F3O. The van der Waals surface area contributed by atoms with Crippen molar-refractivity contribution in [3.05, 3.63) is 35.4 Å². The van der Waals surface area contributed by atoms with E-state index in [0.29, 0.717) is 0 Å². The largest absolute Gasteiger partial charge is 0.421 e. The molecule has 96 valence electrons. The molecule has 0 aliphatic heterocycles. The SMILES string of the molecule is Cc1ccc(C(O)(CC(C)C)C(F)(F)F)cc1. The van der Waals surface area contributed by atoms with Crippen LogP contribution in [0.25, 0.3) is 0 Å². The molecule has 0 radical (unpaired) electrons. The molecule has 1 rings (SSSR count). The highest BCUT2D eigenvalue weighted by Gasteiger charge is 2.54. The fourth-order valence-electron chi connectivity index (χ4n) is 1.82. The monoisotopic (exact) mass is 246 g/mol. The van der Waals surface area contributed by atoms with E-state index >= 15 is 0 Å². The summed E-state index contributed by atoms with van der Waals surface area (Å²) in [4.78, 5) is 0. The fraction of sp³-hybridized carbons (Fsp3) is 0.538. The summed E-state index contributed by atoms with van der Waals surface area (Å²) >= 11 is 0. The van der Waals surface area contributed by atoms with E-state index in [-0.39, 0.29) is 17.9 Å². The normalized spacial score (nSPS) is 16.0. The van der Waals surface area contributed by atoms with Gasteiger partial charge in [0.2, 0.25) is 0 Å². The van der Waals surface area contributed by atoms with Gasteiger partial charge in [0.15, 0.2) is 5.60 Å². The molecule has 0 aromatic heterocycles. The first kappa shape index (κ1) is 14.0. The van der Waals surface area contributed by atoms with Crippen LogP contribution in [0.1, 0.15) is 31.4 Å². The van der Waals surface area contributed by atoms with Crippen LogP contribution in [0.5, 0.6) is 0 Å². The third kappa shape index (κ3) is 3.00. The molecule has 17 heavy (non-hydrogen) atoms. The van der Waals surface area contributed by atoms with E-state index in [2.05, 4.69) is 0 Å². The summed E-state index contributed by atoms with van der Waals surface area (Å²) in [6.45, 7) is 5.11. The lowest BCUT2D eigenvalue weighted by atomic mass is 9.85. The van der Waals surface area contributed by atoms with Crippen molar-refractivity contribution in [2.45, 2.75) is 39.0 Å². The molecule has 0 saturated carbocycles. The van der Waals surface area contributed by atoms with Gasteiger partial charge in [-0.2, -0.15) is 13.2 Å². The summed E-state index contributed by atoms with van der Waals surface area (Å²) in [6, 6.07) is 5.83. The lowest BCUT2D eigenvalue weighted by molar-refractivity contribution is -0.272. The Bertz CT molecular complexity index is 367. The average Bonchev–Trinajstić information content (AvgIpc) is 2.15. The van der Waals surface area contributed by atoms with E-state index in [1.54, 1.807) is 32.9 Å². The van der Waals surface area contributed by atoms with Gasteiger partial charge >= 0.3 is 6.18 Å². The maximum atomic E-state index is 13.0. The second-order valence-corrected chi connectivity index (χ2v) is 4.82. The predicted octanol–water partition coefficient (Wildman–Crippen LogP) is 3.79. The molecule has 0 bridgehead atoms. The van der Waals surface area contributed by atoms with Crippen LogP contribution in [0.2, 0.25) is 0 Å². The highest BCUT2D eigenvalue weighted by atomic mass is 19.4. The number of benzene rings is 1. The van der Waals surface area contributed by atoms with Crippen molar-refractivity contribution in [2.75, 3.05) is 0 Å². The quantitative estimate of drug-likeness (QED) is 0.860. The maximum absolute atomic E-state index is 13.0. The van der Waals surface area contributed by atoms with Crippen LogP contribution in [0.15, 0.2) is 24.3 Å². The number of hydrogen-bond acceptors (Lipinski definition) is 1. The zero-order valence-corrected chi connectivity index (χ0v) is 10.2. The molecule has 1 aromatic rings. The van der Waals surface area contributed by atoms with Gasteiger partial charge < -0.3 is 5.11 Å². The van der Waals surface area contributed by atoms with Crippen molar-refractivity contribution in [3.8, 4) is 0 Å². The summed E-state index contributed by atoms with van der Waals surface area (Å²) in [5.41, 5.74) is -1.98. The number of rotatable bonds is 3. The summed E-state index contributed by atoms with van der Waals surface area (Å²) in [6.07, 6.45) is -4.99. The van der Waals surface area contributed by atoms with Gasteiger partial charge in [-0.05, 0) is 24.8 Å². The molecule has 0 aliphatic carbocycles. The molecule has 1 aromatic carbocycles. The average molecular weight is 246 g/mol. The Morgan fingerprint density at radius 3 is 1.94 bits per heavy atom. The summed E-state index contributed by atoms with van der Waals surface area (Å²) in [5.74, 6) is -0.247. The van der Waals surface area contributed by atoms with Gasteiger partial charge in [0.25, 0.3) is 0 Å². The van der Waals surface area contributed by atoms with Crippen LogP contribution in [0, 0.1) is 12.8 Å². The van der Waals surface area contributed by atoms with Gasteiger partial charge in [0, 0.05) is 0 Å². The highest BCUT2D eigenvalue weighted by Crippen LogP contribution is 2.43. The fourth-order valence-corrected chi connectivity index (χ4v) is 1.82. The van der Waals surface area contributed by atoms with Crippen LogP contribution in [-0.4, -0.2) is 11.3 Å². The Kier molecular flexibility index (Phi) is 3.87. The van der Waals surface area contributed by atoms with Gasteiger partial charge in [-0.1, -0.05) is 43.7 Å². The third-order valence-electron chi connectivity index (χ3n) is 2.70. The van der Waals surface area contributed by atoms with Crippen molar-refractivity contribution >= 4 is 0 Å². The van der Waals surface area contributed by atoms with Crippen molar-refractivity contribution in [1.29, 1.82) is 0 Å². The Balaban J connectivity index is 3.19. The molecule has 4 heteroatoms. The standard InChI is InChI=1S/C13H17F3O/c1-9(2)8-12(17,13(14,15)16)11-6-4-10(3)5-7-11/h4-7,9,17H,8H2,1-3H3. The minimum Gasteiger partial charge on any atom is -0.376 e. The Labute approximate surface area is 99.3 Å². The van der Waals surface area contributed by atoms with Crippen molar-refractivity contribution in [2.24, 2.45) is 5.92 Å². The van der Waals surface area contributed by atoms with Crippen molar-refractivity contribution in [1.82, 2.24) is 0 Å². The van der Waals surface area contributed by atoms with Gasteiger partial charge in [-0.15, -0.1) is 0 Å². The van der Waals surface area contributed by atoms with Gasteiger partial charge in [0.05, 0.1) is 0 Å². The Hall–Kier alpha value is -1.03. The summed E-state index contributed by atoms with van der Waals surface area (Å²) in [5, 5.41) is 9.96. The van der Waals surface area contributed by atoms with E-state index in [1.807, 2.05) is 0 Å². The first-order valence-electron chi connectivity index (χ1n) is 5.53. The smallest absolute Gasteiger partial charge is 0.376 e. The molecule has 1 N–H and O–H groups in total. The second-order valence-electron chi connectivity index (χ2n) is 4.82. The molecular weight excluding hydrogens is 229 g/mol. The Morgan fingerprint density at radius 2 is 1.59 bits per heavy atom. The van der Waals surface area contributed by atoms with Crippen molar-refractivity contribution in [3.63, 3.8) is 0 Å². The molecule has 0 fully saturated rings. The van der Waals surface area contributed by atoms with E-state index in [0.717, 1.165) is 5.56 Å².